The first-order valence-corrected chi connectivity index (χ1v) is 3.33. The lowest BCUT2D eigenvalue weighted by Gasteiger charge is -2.15. The van der Waals surface area contributed by atoms with Crippen LogP contribution in [0.5, 0.6) is 0 Å². The number of carbonyl (C=O) groups excluding carboxylic acids is 1. The van der Waals surface area contributed by atoms with Crippen molar-refractivity contribution in [2.24, 2.45) is 0 Å². The van der Waals surface area contributed by atoms with Crippen molar-refractivity contribution in [1.29, 1.82) is 0 Å². The van der Waals surface area contributed by atoms with Crippen LogP contribution in [0.3, 0.4) is 0 Å². The molecule has 1 N–H and O–H groups in total. The molecule has 56 valence electrons. The number of nitrogens with one attached hydrogen (secondary N) is 1. The van der Waals surface area contributed by atoms with Crippen molar-refractivity contribution in [2.75, 3.05) is 19.8 Å². The summed E-state index contributed by atoms with van der Waals surface area (Å²) in [7, 11) is 0. The molecule has 2 rings (SSSR count). The summed E-state index contributed by atoms with van der Waals surface area (Å²) < 4.78 is 9.90. The fourth-order valence-corrected chi connectivity index (χ4v) is 1.31. The number of alkyl carbamates (subject to hydrolysis) is 1. The average Bonchev–Trinajstić information content (AvgIpc) is 2.46. The van der Waals surface area contributed by atoms with Gasteiger partial charge in [0.05, 0.1) is 6.61 Å². The van der Waals surface area contributed by atoms with Gasteiger partial charge in [-0.3, -0.25) is 0 Å². The van der Waals surface area contributed by atoms with Crippen LogP contribution in [0.15, 0.2) is 0 Å². The van der Waals surface area contributed by atoms with Crippen molar-refractivity contribution in [3.05, 3.63) is 0 Å². The third-order valence-corrected chi connectivity index (χ3v) is 1.95. The summed E-state index contributed by atoms with van der Waals surface area (Å²) in [6.07, 6.45) is 0.559. The normalized spacial score (nSPS) is 38.2. The van der Waals surface area contributed by atoms with Crippen LogP contribution in [-0.4, -0.2) is 31.5 Å². The van der Waals surface area contributed by atoms with E-state index >= 15 is 0 Å². The summed E-state index contributed by atoms with van der Waals surface area (Å²) in [6, 6.07) is 0. The molecule has 0 aliphatic carbocycles. The third kappa shape index (κ3) is 0.759. The van der Waals surface area contributed by atoms with Crippen LogP contribution in [0.1, 0.15) is 6.42 Å². The Kier molecular flexibility index (Phi) is 1.11. The Balaban J connectivity index is 2.09. The van der Waals surface area contributed by atoms with Gasteiger partial charge in [0.25, 0.3) is 0 Å². The second-order valence-corrected chi connectivity index (χ2v) is 2.78. The molecule has 4 heteroatoms. The molecule has 2 fully saturated rings. The molecule has 1 spiro atoms. The van der Waals surface area contributed by atoms with E-state index in [0.717, 1.165) is 13.0 Å². The van der Waals surface area contributed by atoms with Gasteiger partial charge in [-0.15, -0.1) is 0 Å². The molecule has 10 heavy (non-hydrogen) atoms. The molecule has 0 aromatic carbocycles. The Morgan fingerprint density at radius 3 is 2.90 bits per heavy atom. The Labute approximate surface area is 58.5 Å². The van der Waals surface area contributed by atoms with E-state index in [4.69, 9.17) is 9.47 Å². The summed E-state index contributed by atoms with van der Waals surface area (Å²) in [5, 5.41) is 2.74. The number of ether oxygens (including phenoxy) is 2. The Bertz CT molecular complexity index is 162. The topological polar surface area (TPSA) is 47.6 Å². The average molecular weight is 143 g/mol. The number of hydrogen-bond donors (Lipinski definition) is 1. The highest BCUT2D eigenvalue weighted by Gasteiger charge is 2.42. The van der Waals surface area contributed by atoms with Gasteiger partial charge in [-0.1, -0.05) is 0 Å². The predicted octanol–water partition coefficient (Wildman–Crippen LogP) is -0.115. The standard InChI is InChI=1S/C6H9NO3/c8-5-7-6(4-10-5)1-2-9-3-6/h1-4H2,(H,7,8). The smallest absolute Gasteiger partial charge is 0.407 e. The summed E-state index contributed by atoms with van der Waals surface area (Å²) in [4.78, 5) is 10.6. The van der Waals surface area contributed by atoms with Crippen molar-refractivity contribution in [3.63, 3.8) is 0 Å². The largest absolute Gasteiger partial charge is 0.447 e. The number of hydrogen-bond acceptors (Lipinski definition) is 3. The highest BCUT2D eigenvalue weighted by molar-refractivity contribution is 5.70. The molecular formula is C6H9NO3. The van der Waals surface area contributed by atoms with Gasteiger partial charge in [-0.25, -0.2) is 4.79 Å². The van der Waals surface area contributed by atoms with Gasteiger partial charge in [0, 0.05) is 6.61 Å². The third-order valence-electron chi connectivity index (χ3n) is 1.95. The molecule has 2 saturated heterocycles. The van der Waals surface area contributed by atoms with E-state index in [1.165, 1.54) is 0 Å². The molecule has 0 bridgehead atoms. The first-order chi connectivity index (χ1) is 4.81. The lowest BCUT2D eigenvalue weighted by molar-refractivity contribution is 0.155. The fourth-order valence-electron chi connectivity index (χ4n) is 1.31. The molecule has 1 atom stereocenters. The van der Waals surface area contributed by atoms with Gasteiger partial charge >= 0.3 is 6.09 Å². The molecule has 4 nitrogen and oxygen atoms in total. The van der Waals surface area contributed by atoms with Crippen molar-refractivity contribution in [2.45, 2.75) is 12.0 Å². The van der Waals surface area contributed by atoms with Crippen LogP contribution in [0.25, 0.3) is 0 Å². The van der Waals surface area contributed by atoms with Gasteiger partial charge in [0.1, 0.15) is 12.1 Å². The summed E-state index contributed by atoms with van der Waals surface area (Å²) in [5.74, 6) is 0. The van der Waals surface area contributed by atoms with Crippen LogP contribution in [0.2, 0.25) is 0 Å². The lowest BCUT2D eigenvalue weighted by Crippen LogP contribution is -2.43. The minimum Gasteiger partial charge on any atom is -0.447 e. The highest BCUT2D eigenvalue weighted by atomic mass is 16.6. The number of amides is 1. The molecule has 0 radical (unpaired) electrons. The zero-order valence-corrected chi connectivity index (χ0v) is 5.55. The second-order valence-electron chi connectivity index (χ2n) is 2.78. The van der Waals surface area contributed by atoms with E-state index in [1.807, 2.05) is 0 Å². The maximum atomic E-state index is 10.6. The molecule has 2 aliphatic rings. The first-order valence-electron chi connectivity index (χ1n) is 3.33. The number of rotatable bonds is 0. The van der Waals surface area contributed by atoms with Gasteiger partial charge in [-0.2, -0.15) is 0 Å². The predicted molar refractivity (Wildman–Crippen MR) is 32.7 cm³/mol. The lowest BCUT2D eigenvalue weighted by atomic mass is 10.0. The fraction of sp³-hybridized carbons (Fsp3) is 0.833. The van der Waals surface area contributed by atoms with E-state index < -0.39 is 0 Å². The maximum Gasteiger partial charge on any atom is 0.407 e. The Morgan fingerprint density at radius 2 is 2.40 bits per heavy atom. The van der Waals surface area contributed by atoms with Crippen molar-refractivity contribution in [3.8, 4) is 0 Å². The summed E-state index contributed by atoms with van der Waals surface area (Å²) >= 11 is 0. The SMILES string of the molecule is O=C1NC2(CCOC2)CO1. The van der Waals surface area contributed by atoms with Gasteiger partial charge in [0.15, 0.2) is 0 Å². The van der Waals surface area contributed by atoms with E-state index in [0.29, 0.717) is 13.2 Å². The first kappa shape index (κ1) is 5.97. The molecule has 1 amide bonds. The summed E-state index contributed by atoms with van der Waals surface area (Å²) in [5.41, 5.74) is -0.183. The minimum atomic E-state index is -0.314. The van der Waals surface area contributed by atoms with Crippen molar-refractivity contribution >= 4 is 6.09 Å². The van der Waals surface area contributed by atoms with E-state index in [9.17, 15) is 4.79 Å². The van der Waals surface area contributed by atoms with E-state index in [2.05, 4.69) is 5.32 Å². The Hall–Kier alpha value is -0.770. The molecular weight excluding hydrogens is 134 g/mol. The monoisotopic (exact) mass is 143 g/mol. The summed E-state index contributed by atoms with van der Waals surface area (Å²) in [6.45, 7) is 1.79. The molecule has 0 aromatic rings. The number of carbonyl (C=O) groups is 1. The van der Waals surface area contributed by atoms with Gasteiger partial charge < -0.3 is 14.8 Å². The molecule has 0 saturated carbocycles. The van der Waals surface area contributed by atoms with Crippen LogP contribution >= 0.6 is 0 Å². The second kappa shape index (κ2) is 1.85. The van der Waals surface area contributed by atoms with Crippen molar-refractivity contribution in [1.82, 2.24) is 5.32 Å². The van der Waals surface area contributed by atoms with Crippen molar-refractivity contribution < 1.29 is 14.3 Å². The van der Waals surface area contributed by atoms with Crippen LogP contribution in [0.4, 0.5) is 4.79 Å². The van der Waals surface area contributed by atoms with Crippen LogP contribution < -0.4 is 5.32 Å². The quantitative estimate of drug-likeness (QED) is 0.514. The molecule has 1 unspecified atom stereocenters. The van der Waals surface area contributed by atoms with Crippen LogP contribution in [-0.2, 0) is 9.47 Å². The van der Waals surface area contributed by atoms with Gasteiger partial charge in [-0.05, 0) is 6.42 Å². The minimum absolute atomic E-state index is 0.183. The molecule has 2 aliphatic heterocycles. The zero-order valence-electron chi connectivity index (χ0n) is 5.55. The van der Waals surface area contributed by atoms with E-state index in [1.54, 1.807) is 0 Å². The zero-order chi connectivity index (χ0) is 7.03. The van der Waals surface area contributed by atoms with Gasteiger partial charge in [0.2, 0.25) is 0 Å². The Morgan fingerprint density at radius 1 is 1.50 bits per heavy atom. The maximum absolute atomic E-state index is 10.6. The van der Waals surface area contributed by atoms with Crippen LogP contribution in [0, 0.1) is 0 Å². The highest BCUT2D eigenvalue weighted by Crippen LogP contribution is 2.22. The number of cyclic esters (lactones) is 1. The van der Waals surface area contributed by atoms with E-state index in [-0.39, 0.29) is 11.6 Å². The molecule has 2 heterocycles. The molecule has 0 aromatic heterocycles.